The molecule has 1 atom stereocenters. The fourth-order valence-corrected chi connectivity index (χ4v) is 1.76. The van der Waals surface area contributed by atoms with Gasteiger partial charge in [0.15, 0.2) is 0 Å². The van der Waals surface area contributed by atoms with Gasteiger partial charge in [0.2, 0.25) is 0 Å². The molecular weight excluding hydrogens is 206 g/mol. The molecule has 2 heteroatoms. The summed E-state index contributed by atoms with van der Waals surface area (Å²) in [4.78, 5) is 0. The summed E-state index contributed by atoms with van der Waals surface area (Å²) in [6.45, 7) is 7.41. The summed E-state index contributed by atoms with van der Waals surface area (Å²) >= 11 is 5.97. The van der Waals surface area contributed by atoms with Crippen LogP contribution in [0, 0.1) is 6.92 Å². The summed E-state index contributed by atoms with van der Waals surface area (Å²) in [5, 5.41) is 4.35. The second kappa shape index (κ2) is 6.14. The molecule has 0 saturated heterocycles. The molecule has 1 aromatic rings. The normalized spacial score (nSPS) is 12.8. The molecule has 0 aromatic heterocycles. The number of aryl methyl sites for hydroxylation is 1. The van der Waals surface area contributed by atoms with Gasteiger partial charge in [0.1, 0.15) is 0 Å². The van der Waals surface area contributed by atoms with Crippen LogP contribution in [0.1, 0.15) is 37.8 Å². The van der Waals surface area contributed by atoms with Gasteiger partial charge in [-0.1, -0.05) is 37.1 Å². The zero-order valence-corrected chi connectivity index (χ0v) is 10.6. The maximum atomic E-state index is 5.97. The first-order chi connectivity index (χ1) is 7.13. The smallest absolute Gasteiger partial charge is 0.0435 e. The molecule has 0 heterocycles. The van der Waals surface area contributed by atoms with Gasteiger partial charge in [-0.2, -0.15) is 0 Å². The van der Waals surface area contributed by atoms with Crippen LogP contribution in [0.3, 0.4) is 0 Å². The molecule has 1 rings (SSSR count). The van der Waals surface area contributed by atoms with Crippen LogP contribution >= 0.6 is 11.6 Å². The molecule has 0 fully saturated rings. The highest BCUT2D eigenvalue weighted by Crippen LogP contribution is 2.16. The molecule has 0 aliphatic rings. The first kappa shape index (κ1) is 12.5. The van der Waals surface area contributed by atoms with Crippen LogP contribution in [0.5, 0.6) is 0 Å². The lowest BCUT2D eigenvalue weighted by Crippen LogP contribution is -2.25. The van der Waals surface area contributed by atoms with E-state index in [0.717, 1.165) is 17.1 Å². The maximum absolute atomic E-state index is 5.97. The van der Waals surface area contributed by atoms with E-state index < -0.39 is 0 Å². The Balaban J connectivity index is 2.47. The van der Waals surface area contributed by atoms with Gasteiger partial charge in [0.05, 0.1) is 0 Å². The molecule has 0 aliphatic carbocycles. The van der Waals surface area contributed by atoms with Gasteiger partial charge >= 0.3 is 0 Å². The monoisotopic (exact) mass is 225 g/mol. The van der Waals surface area contributed by atoms with Crippen molar-refractivity contribution in [1.82, 2.24) is 5.32 Å². The Morgan fingerprint density at radius 1 is 1.40 bits per heavy atom. The Labute approximate surface area is 97.8 Å². The summed E-state index contributed by atoms with van der Waals surface area (Å²) < 4.78 is 0. The fourth-order valence-electron chi connectivity index (χ4n) is 1.64. The van der Waals surface area contributed by atoms with Gasteiger partial charge < -0.3 is 5.32 Å². The number of nitrogens with one attached hydrogen (secondary N) is 1. The van der Waals surface area contributed by atoms with Crippen LogP contribution in [-0.4, -0.2) is 6.04 Å². The second-order valence-electron chi connectivity index (χ2n) is 4.15. The largest absolute Gasteiger partial charge is 0.310 e. The van der Waals surface area contributed by atoms with Crippen LogP contribution in [0.15, 0.2) is 18.2 Å². The first-order valence-corrected chi connectivity index (χ1v) is 5.99. The molecule has 84 valence electrons. The molecule has 0 radical (unpaired) electrons. The van der Waals surface area contributed by atoms with Crippen molar-refractivity contribution < 1.29 is 0 Å². The average molecular weight is 226 g/mol. The van der Waals surface area contributed by atoms with Crippen molar-refractivity contribution in [2.75, 3.05) is 0 Å². The van der Waals surface area contributed by atoms with Crippen molar-refractivity contribution in [3.05, 3.63) is 34.3 Å². The van der Waals surface area contributed by atoms with E-state index in [1.807, 2.05) is 13.0 Å². The number of rotatable bonds is 5. The van der Waals surface area contributed by atoms with E-state index in [9.17, 15) is 0 Å². The Morgan fingerprint density at radius 2 is 2.13 bits per heavy atom. The number of hydrogen-bond acceptors (Lipinski definition) is 1. The molecule has 0 aliphatic heterocycles. The van der Waals surface area contributed by atoms with Crippen LogP contribution < -0.4 is 5.32 Å². The molecule has 0 bridgehead atoms. The molecule has 1 N–H and O–H groups in total. The molecule has 0 spiro atoms. The van der Waals surface area contributed by atoms with Crippen LogP contribution in [0.4, 0.5) is 0 Å². The van der Waals surface area contributed by atoms with E-state index in [0.29, 0.717) is 6.04 Å². The molecule has 0 amide bonds. The van der Waals surface area contributed by atoms with Crippen molar-refractivity contribution in [3.63, 3.8) is 0 Å². The third-order valence-electron chi connectivity index (χ3n) is 2.60. The summed E-state index contributed by atoms with van der Waals surface area (Å²) in [5.74, 6) is 0. The van der Waals surface area contributed by atoms with Gasteiger partial charge in [-0.3, -0.25) is 0 Å². The third-order valence-corrected chi connectivity index (χ3v) is 3.02. The molecule has 1 aromatic carbocycles. The lowest BCUT2D eigenvalue weighted by Gasteiger charge is -2.13. The highest BCUT2D eigenvalue weighted by molar-refractivity contribution is 6.31. The summed E-state index contributed by atoms with van der Waals surface area (Å²) in [5.41, 5.74) is 2.46. The molecule has 0 saturated carbocycles. The van der Waals surface area contributed by atoms with Crippen molar-refractivity contribution in [2.24, 2.45) is 0 Å². The van der Waals surface area contributed by atoms with E-state index in [1.165, 1.54) is 18.4 Å². The van der Waals surface area contributed by atoms with Crippen molar-refractivity contribution >= 4 is 11.6 Å². The lowest BCUT2D eigenvalue weighted by atomic mass is 10.1. The predicted octanol–water partition coefficient (Wildman–Crippen LogP) is 3.93. The van der Waals surface area contributed by atoms with Crippen molar-refractivity contribution in [2.45, 2.75) is 46.2 Å². The Bertz CT molecular complexity index is 309. The zero-order chi connectivity index (χ0) is 11.3. The first-order valence-electron chi connectivity index (χ1n) is 5.62. The van der Waals surface area contributed by atoms with Crippen molar-refractivity contribution in [1.29, 1.82) is 0 Å². The van der Waals surface area contributed by atoms with Gasteiger partial charge in [0, 0.05) is 17.6 Å². The van der Waals surface area contributed by atoms with Crippen LogP contribution in [0.25, 0.3) is 0 Å². The van der Waals surface area contributed by atoms with Crippen molar-refractivity contribution in [3.8, 4) is 0 Å². The summed E-state index contributed by atoms with van der Waals surface area (Å²) in [6.07, 6.45) is 2.46. The fraction of sp³-hybridized carbons (Fsp3) is 0.538. The third kappa shape index (κ3) is 4.23. The van der Waals surface area contributed by atoms with Gasteiger partial charge in [-0.05, 0) is 37.5 Å². The standard InChI is InChI=1S/C13H20ClN/c1-4-5-11(3)15-9-12-6-7-13(14)10(2)8-12/h6-8,11,15H,4-5,9H2,1-3H3. The molecular formula is C13H20ClN. The minimum Gasteiger partial charge on any atom is -0.310 e. The minimum absolute atomic E-state index is 0.589. The zero-order valence-electron chi connectivity index (χ0n) is 9.81. The second-order valence-corrected chi connectivity index (χ2v) is 4.56. The van der Waals surface area contributed by atoms with Crippen LogP contribution in [0.2, 0.25) is 5.02 Å². The number of benzene rings is 1. The topological polar surface area (TPSA) is 12.0 Å². The van der Waals surface area contributed by atoms with E-state index in [1.54, 1.807) is 0 Å². The van der Waals surface area contributed by atoms with Gasteiger partial charge in [-0.15, -0.1) is 0 Å². The van der Waals surface area contributed by atoms with E-state index >= 15 is 0 Å². The van der Waals surface area contributed by atoms with E-state index in [4.69, 9.17) is 11.6 Å². The van der Waals surface area contributed by atoms with Gasteiger partial charge in [-0.25, -0.2) is 0 Å². The number of halogens is 1. The summed E-state index contributed by atoms with van der Waals surface area (Å²) in [6, 6.07) is 6.79. The Morgan fingerprint density at radius 3 is 2.73 bits per heavy atom. The number of hydrogen-bond donors (Lipinski definition) is 1. The lowest BCUT2D eigenvalue weighted by molar-refractivity contribution is 0.508. The predicted molar refractivity (Wildman–Crippen MR) is 67.4 cm³/mol. The van der Waals surface area contributed by atoms with E-state index in [2.05, 4.69) is 31.3 Å². The summed E-state index contributed by atoms with van der Waals surface area (Å²) in [7, 11) is 0. The minimum atomic E-state index is 0.589. The highest BCUT2D eigenvalue weighted by Gasteiger charge is 2.01. The highest BCUT2D eigenvalue weighted by atomic mass is 35.5. The Kier molecular flexibility index (Phi) is 5.13. The molecule has 1 unspecified atom stereocenters. The van der Waals surface area contributed by atoms with E-state index in [-0.39, 0.29) is 0 Å². The van der Waals surface area contributed by atoms with Gasteiger partial charge in [0.25, 0.3) is 0 Å². The molecule has 15 heavy (non-hydrogen) atoms. The maximum Gasteiger partial charge on any atom is 0.0435 e. The SMILES string of the molecule is CCCC(C)NCc1ccc(Cl)c(C)c1. The molecule has 1 nitrogen and oxygen atoms in total. The van der Waals surface area contributed by atoms with Crippen LogP contribution in [-0.2, 0) is 6.54 Å². The quantitative estimate of drug-likeness (QED) is 0.801. The Hall–Kier alpha value is -0.530. The average Bonchev–Trinajstić information content (AvgIpc) is 2.20.